The van der Waals surface area contributed by atoms with Crippen molar-refractivity contribution in [3.8, 4) is 0 Å². The molecule has 2 atom stereocenters. The van der Waals surface area contributed by atoms with Crippen LogP contribution in [0.4, 0.5) is 0 Å². The summed E-state index contributed by atoms with van der Waals surface area (Å²) in [7, 11) is 0. The van der Waals surface area contributed by atoms with Gasteiger partial charge >= 0.3 is 0 Å². The van der Waals surface area contributed by atoms with Crippen molar-refractivity contribution in [2.75, 3.05) is 19.6 Å². The Morgan fingerprint density at radius 3 is 2.81 bits per heavy atom. The summed E-state index contributed by atoms with van der Waals surface area (Å²) in [5.41, 5.74) is 1.51. The van der Waals surface area contributed by atoms with Crippen LogP contribution in [0.3, 0.4) is 0 Å². The molecule has 1 aromatic carbocycles. The molecule has 0 radical (unpaired) electrons. The summed E-state index contributed by atoms with van der Waals surface area (Å²) in [5.74, 6) is 0.915. The molecule has 2 unspecified atom stereocenters. The summed E-state index contributed by atoms with van der Waals surface area (Å²) in [6.45, 7) is 2.09. The van der Waals surface area contributed by atoms with Gasteiger partial charge in [0.15, 0.2) is 0 Å². The van der Waals surface area contributed by atoms with Crippen LogP contribution in [-0.4, -0.2) is 52.3 Å². The van der Waals surface area contributed by atoms with Gasteiger partial charge in [-0.2, -0.15) is 0 Å². The van der Waals surface area contributed by atoms with Gasteiger partial charge in [0.25, 0.3) is 5.91 Å². The molecule has 2 bridgehead atoms. The summed E-state index contributed by atoms with van der Waals surface area (Å²) >= 11 is 0. The SMILES string of the molecule is O=C(c1cnc2ccccc2c1)N1CC2CCC(C1)N(CC1CC1)C2=O. The smallest absolute Gasteiger partial charge is 0.255 e. The second-order valence-corrected chi connectivity index (χ2v) is 7.99. The highest BCUT2D eigenvalue weighted by molar-refractivity contribution is 5.97. The van der Waals surface area contributed by atoms with Crippen LogP contribution in [-0.2, 0) is 4.79 Å². The number of hydrogen-bond donors (Lipinski definition) is 0. The fourth-order valence-corrected chi connectivity index (χ4v) is 4.40. The molecule has 4 heterocycles. The molecule has 1 aromatic heterocycles. The molecule has 2 amide bonds. The topological polar surface area (TPSA) is 53.5 Å². The molecular weight excluding hydrogens is 326 g/mol. The highest BCUT2D eigenvalue weighted by Gasteiger charge is 2.43. The van der Waals surface area contributed by atoms with E-state index in [2.05, 4.69) is 9.88 Å². The van der Waals surface area contributed by atoms with Gasteiger partial charge in [0, 0.05) is 37.3 Å². The van der Waals surface area contributed by atoms with Crippen molar-refractivity contribution < 1.29 is 9.59 Å². The van der Waals surface area contributed by atoms with Gasteiger partial charge in [0.1, 0.15) is 0 Å². The maximum atomic E-state index is 13.1. The predicted octanol–water partition coefficient (Wildman–Crippen LogP) is 2.71. The minimum Gasteiger partial charge on any atom is -0.337 e. The van der Waals surface area contributed by atoms with E-state index in [9.17, 15) is 9.59 Å². The number of aromatic nitrogens is 1. The quantitative estimate of drug-likeness (QED) is 0.856. The molecule has 4 fully saturated rings. The number of nitrogens with zero attached hydrogens (tertiary/aromatic N) is 3. The number of carbonyl (C=O) groups is 2. The van der Waals surface area contributed by atoms with E-state index in [-0.39, 0.29) is 23.8 Å². The first-order valence-electron chi connectivity index (χ1n) is 9.63. The number of carbonyl (C=O) groups excluding carboxylic acids is 2. The normalized spacial score (nSPS) is 25.6. The lowest BCUT2D eigenvalue weighted by Gasteiger charge is -2.36. The van der Waals surface area contributed by atoms with Crippen LogP contribution in [0.15, 0.2) is 36.5 Å². The Morgan fingerprint density at radius 2 is 1.96 bits per heavy atom. The molecule has 5 nitrogen and oxygen atoms in total. The predicted molar refractivity (Wildman–Crippen MR) is 98.6 cm³/mol. The third-order valence-corrected chi connectivity index (χ3v) is 6.07. The lowest BCUT2D eigenvalue weighted by Crippen LogP contribution is -2.48. The van der Waals surface area contributed by atoms with Gasteiger partial charge in [0.05, 0.1) is 17.0 Å². The van der Waals surface area contributed by atoms with E-state index in [1.807, 2.05) is 35.2 Å². The number of para-hydroxylation sites is 1. The molecular formula is C21H23N3O2. The molecule has 1 aliphatic carbocycles. The van der Waals surface area contributed by atoms with E-state index in [0.29, 0.717) is 24.6 Å². The minimum atomic E-state index is -0.0372. The highest BCUT2D eigenvalue weighted by atomic mass is 16.2. The largest absolute Gasteiger partial charge is 0.337 e. The Kier molecular flexibility index (Phi) is 3.69. The van der Waals surface area contributed by atoms with Crippen LogP contribution in [0.2, 0.25) is 0 Å². The Morgan fingerprint density at radius 1 is 1.12 bits per heavy atom. The fourth-order valence-electron chi connectivity index (χ4n) is 4.40. The van der Waals surface area contributed by atoms with E-state index in [0.717, 1.165) is 30.3 Å². The molecule has 0 spiro atoms. The first-order valence-corrected chi connectivity index (χ1v) is 9.63. The zero-order chi connectivity index (χ0) is 17.7. The van der Waals surface area contributed by atoms with Crippen molar-refractivity contribution in [2.24, 2.45) is 11.8 Å². The maximum absolute atomic E-state index is 13.1. The van der Waals surface area contributed by atoms with E-state index < -0.39 is 0 Å². The Balaban J connectivity index is 1.40. The van der Waals surface area contributed by atoms with Crippen molar-refractivity contribution >= 4 is 22.7 Å². The maximum Gasteiger partial charge on any atom is 0.255 e. The average molecular weight is 349 g/mol. The van der Waals surface area contributed by atoms with Crippen molar-refractivity contribution in [3.63, 3.8) is 0 Å². The van der Waals surface area contributed by atoms with Crippen LogP contribution in [0, 0.1) is 11.8 Å². The van der Waals surface area contributed by atoms with Crippen LogP contribution >= 0.6 is 0 Å². The van der Waals surface area contributed by atoms with Crippen LogP contribution in [0.1, 0.15) is 36.0 Å². The first-order chi connectivity index (χ1) is 12.7. The average Bonchev–Trinajstić information content (AvgIpc) is 3.51. The van der Waals surface area contributed by atoms with Crippen molar-refractivity contribution in [2.45, 2.75) is 31.7 Å². The minimum absolute atomic E-state index is 0.00113. The molecule has 5 heteroatoms. The number of rotatable bonds is 3. The summed E-state index contributed by atoms with van der Waals surface area (Å²) in [4.78, 5) is 34.3. The van der Waals surface area contributed by atoms with Crippen molar-refractivity contribution in [3.05, 3.63) is 42.1 Å². The summed E-state index contributed by atoms with van der Waals surface area (Å²) < 4.78 is 0. The molecule has 26 heavy (non-hydrogen) atoms. The van der Waals surface area contributed by atoms with Gasteiger partial charge in [-0.3, -0.25) is 14.6 Å². The molecule has 2 aromatic rings. The number of fused-ring (bicyclic) bond motifs is 5. The number of pyridine rings is 1. The van der Waals surface area contributed by atoms with Crippen molar-refractivity contribution in [1.82, 2.24) is 14.8 Å². The number of amides is 2. The van der Waals surface area contributed by atoms with Gasteiger partial charge < -0.3 is 9.80 Å². The second kappa shape index (κ2) is 6.08. The second-order valence-electron chi connectivity index (χ2n) is 7.99. The molecule has 0 N–H and O–H groups in total. The van der Waals surface area contributed by atoms with Crippen molar-refractivity contribution in [1.29, 1.82) is 0 Å². The van der Waals surface area contributed by atoms with Gasteiger partial charge in [-0.05, 0) is 43.7 Å². The lowest BCUT2D eigenvalue weighted by atomic mass is 9.94. The number of benzene rings is 1. The van der Waals surface area contributed by atoms with Crippen LogP contribution < -0.4 is 0 Å². The van der Waals surface area contributed by atoms with E-state index in [4.69, 9.17) is 0 Å². The van der Waals surface area contributed by atoms with Gasteiger partial charge in [0.2, 0.25) is 5.91 Å². The zero-order valence-corrected chi connectivity index (χ0v) is 14.8. The monoisotopic (exact) mass is 349 g/mol. The zero-order valence-electron chi connectivity index (χ0n) is 14.8. The highest BCUT2D eigenvalue weighted by Crippen LogP contribution is 2.35. The molecule has 3 saturated heterocycles. The van der Waals surface area contributed by atoms with E-state index in [1.165, 1.54) is 12.8 Å². The Bertz CT molecular complexity index is 876. The fraction of sp³-hybridized carbons (Fsp3) is 0.476. The van der Waals surface area contributed by atoms with Gasteiger partial charge in [-0.15, -0.1) is 0 Å². The Labute approximate surface area is 153 Å². The molecule has 3 aliphatic heterocycles. The summed E-state index contributed by atoms with van der Waals surface area (Å²) in [5, 5.41) is 0.975. The third-order valence-electron chi connectivity index (χ3n) is 6.07. The standard InChI is InChI=1S/C21H23N3O2/c25-20(17-9-15-3-1-2-4-19(15)22-10-17)23-12-16-7-8-18(13-23)24(21(16)26)11-14-5-6-14/h1-4,9-10,14,16,18H,5-8,11-13H2. The Hall–Kier alpha value is -2.43. The number of piperidine rings is 1. The summed E-state index contributed by atoms with van der Waals surface area (Å²) in [6.07, 6.45) is 6.08. The summed E-state index contributed by atoms with van der Waals surface area (Å²) in [6, 6.07) is 9.93. The molecule has 6 rings (SSSR count). The van der Waals surface area contributed by atoms with Gasteiger partial charge in [-0.1, -0.05) is 18.2 Å². The lowest BCUT2D eigenvalue weighted by molar-refractivity contribution is -0.140. The van der Waals surface area contributed by atoms with Crippen LogP contribution in [0.5, 0.6) is 0 Å². The molecule has 134 valence electrons. The molecule has 1 saturated carbocycles. The first kappa shape index (κ1) is 15.8. The van der Waals surface area contributed by atoms with Gasteiger partial charge in [-0.25, -0.2) is 0 Å². The van der Waals surface area contributed by atoms with E-state index >= 15 is 0 Å². The third kappa shape index (κ3) is 2.75. The number of hydrogen-bond acceptors (Lipinski definition) is 3. The van der Waals surface area contributed by atoms with Crippen LogP contribution in [0.25, 0.3) is 10.9 Å². The van der Waals surface area contributed by atoms with E-state index in [1.54, 1.807) is 6.20 Å². The molecule has 4 aliphatic rings.